The largest absolute Gasteiger partial charge is 0.343 e. The van der Waals surface area contributed by atoms with E-state index in [0.29, 0.717) is 18.1 Å². The fourth-order valence-corrected chi connectivity index (χ4v) is 3.01. The van der Waals surface area contributed by atoms with Crippen LogP contribution >= 0.6 is 11.6 Å². The number of aromatic nitrogens is 1. The fraction of sp³-hybridized carbons (Fsp3) is 0.222. The number of nitrogens with zero attached hydrogens (tertiary/aromatic N) is 1. The summed E-state index contributed by atoms with van der Waals surface area (Å²) in [6.45, 7) is 1.31. The third kappa shape index (κ3) is 3.01. The Morgan fingerprint density at radius 1 is 1.09 bits per heavy atom. The summed E-state index contributed by atoms with van der Waals surface area (Å²) < 4.78 is 15.3. The van der Waals surface area contributed by atoms with Gasteiger partial charge in [-0.05, 0) is 48.7 Å². The van der Waals surface area contributed by atoms with Crippen LogP contribution in [0, 0.1) is 5.82 Å². The van der Waals surface area contributed by atoms with Crippen LogP contribution in [-0.2, 0) is 13.0 Å². The minimum atomic E-state index is -0.310. The van der Waals surface area contributed by atoms with Gasteiger partial charge in [-0.1, -0.05) is 35.9 Å². The van der Waals surface area contributed by atoms with Gasteiger partial charge in [-0.2, -0.15) is 0 Å². The second kappa shape index (κ2) is 6.51. The van der Waals surface area contributed by atoms with Gasteiger partial charge in [-0.15, -0.1) is 0 Å². The van der Waals surface area contributed by atoms with Crippen LogP contribution in [0.3, 0.4) is 0 Å². The Morgan fingerprint density at radius 2 is 1.91 bits per heavy atom. The number of aryl methyl sites for hydroxylation is 1. The second-order valence-corrected chi connectivity index (χ2v) is 5.83. The van der Waals surface area contributed by atoms with E-state index < -0.39 is 0 Å². The standard InChI is InChI=1S/C18H18ClFN2/c19-17-10-15(20)8-7-14(17)12-22-11-13(4-3-9-21)16-5-1-2-6-18(16)22/h1-2,5-8,10-11H,3-4,9,12,21H2. The first kappa shape index (κ1) is 15.1. The van der Waals surface area contributed by atoms with E-state index in [4.69, 9.17) is 17.3 Å². The van der Waals surface area contributed by atoms with Gasteiger partial charge < -0.3 is 10.3 Å². The molecule has 0 amide bonds. The molecule has 0 aliphatic rings. The molecular weight excluding hydrogens is 299 g/mol. The molecule has 2 N–H and O–H groups in total. The van der Waals surface area contributed by atoms with Gasteiger partial charge in [-0.25, -0.2) is 4.39 Å². The molecule has 3 aromatic rings. The zero-order valence-electron chi connectivity index (χ0n) is 12.2. The minimum Gasteiger partial charge on any atom is -0.343 e. The molecule has 22 heavy (non-hydrogen) atoms. The number of benzene rings is 2. The van der Waals surface area contributed by atoms with Crippen molar-refractivity contribution in [3.8, 4) is 0 Å². The molecule has 2 aromatic carbocycles. The Balaban J connectivity index is 1.99. The molecule has 114 valence electrons. The number of rotatable bonds is 5. The van der Waals surface area contributed by atoms with Gasteiger partial charge in [0.05, 0.1) is 0 Å². The molecule has 2 nitrogen and oxygen atoms in total. The van der Waals surface area contributed by atoms with Crippen molar-refractivity contribution in [3.05, 3.63) is 70.6 Å². The monoisotopic (exact) mass is 316 g/mol. The van der Waals surface area contributed by atoms with Crippen LogP contribution in [0.2, 0.25) is 5.02 Å². The van der Waals surface area contributed by atoms with Gasteiger partial charge in [0.2, 0.25) is 0 Å². The van der Waals surface area contributed by atoms with Crippen molar-refractivity contribution in [2.45, 2.75) is 19.4 Å². The van der Waals surface area contributed by atoms with E-state index in [0.717, 1.165) is 23.9 Å². The SMILES string of the molecule is NCCCc1cn(Cc2ccc(F)cc2Cl)c2ccccc12. The molecule has 3 rings (SSSR count). The summed E-state index contributed by atoms with van der Waals surface area (Å²) in [6.07, 6.45) is 4.08. The second-order valence-electron chi connectivity index (χ2n) is 5.43. The number of hydrogen-bond acceptors (Lipinski definition) is 1. The molecule has 0 atom stereocenters. The minimum absolute atomic E-state index is 0.310. The summed E-state index contributed by atoms with van der Waals surface area (Å²) in [4.78, 5) is 0. The third-order valence-electron chi connectivity index (χ3n) is 3.88. The number of nitrogens with two attached hydrogens (primary N) is 1. The lowest BCUT2D eigenvalue weighted by Gasteiger charge is -2.07. The summed E-state index contributed by atoms with van der Waals surface area (Å²) in [7, 11) is 0. The predicted octanol–water partition coefficient (Wildman–Crippen LogP) is 4.37. The van der Waals surface area contributed by atoms with Crippen molar-refractivity contribution < 1.29 is 4.39 Å². The maximum absolute atomic E-state index is 13.2. The van der Waals surface area contributed by atoms with Gasteiger partial charge in [0.25, 0.3) is 0 Å². The molecule has 0 saturated carbocycles. The lowest BCUT2D eigenvalue weighted by molar-refractivity contribution is 0.626. The first-order valence-corrected chi connectivity index (χ1v) is 7.77. The normalized spacial score (nSPS) is 11.2. The van der Waals surface area contributed by atoms with Crippen molar-refractivity contribution in [1.82, 2.24) is 4.57 Å². The lowest BCUT2D eigenvalue weighted by Crippen LogP contribution is -2.00. The Bertz CT molecular complexity index is 795. The predicted molar refractivity (Wildman–Crippen MR) is 89.8 cm³/mol. The average molecular weight is 317 g/mol. The van der Waals surface area contributed by atoms with Crippen LogP contribution in [0.4, 0.5) is 4.39 Å². The van der Waals surface area contributed by atoms with E-state index in [2.05, 4.69) is 22.9 Å². The van der Waals surface area contributed by atoms with Crippen LogP contribution < -0.4 is 5.73 Å². The topological polar surface area (TPSA) is 30.9 Å². The highest BCUT2D eigenvalue weighted by Gasteiger charge is 2.10. The van der Waals surface area contributed by atoms with E-state index in [-0.39, 0.29) is 5.82 Å². The lowest BCUT2D eigenvalue weighted by atomic mass is 10.1. The van der Waals surface area contributed by atoms with E-state index in [1.807, 2.05) is 12.1 Å². The fourth-order valence-electron chi connectivity index (χ4n) is 2.78. The summed E-state index contributed by atoms with van der Waals surface area (Å²) in [5, 5.41) is 1.70. The number of fused-ring (bicyclic) bond motifs is 1. The molecule has 1 aromatic heterocycles. The quantitative estimate of drug-likeness (QED) is 0.744. The third-order valence-corrected chi connectivity index (χ3v) is 4.23. The highest BCUT2D eigenvalue weighted by Crippen LogP contribution is 2.25. The molecule has 1 heterocycles. The van der Waals surface area contributed by atoms with Crippen LogP contribution in [-0.4, -0.2) is 11.1 Å². The van der Waals surface area contributed by atoms with E-state index in [1.165, 1.54) is 23.1 Å². The molecule has 0 saturated heterocycles. The smallest absolute Gasteiger partial charge is 0.124 e. The number of halogens is 2. The molecule has 0 unspecified atom stereocenters. The van der Waals surface area contributed by atoms with Gasteiger partial charge in [0, 0.05) is 28.7 Å². The summed E-state index contributed by atoms with van der Waals surface area (Å²) in [6, 6.07) is 12.8. The summed E-state index contributed by atoms with van der Waals surface area (Å²) >= 11 is 6.15. The molecule has 0 aliphatic heterocycles. The van der Waals surface area contributed by atoms with Crippen molar-refractivity contribution in [1.29, 1.82) is 0 Å². The highest BCUT2D eigenvalue weighted by molar-refractivity contribution is 6.31. The molecule has 0 radical (unpaired) electrons. The highest BCUT2D eigenvalue weighted by atomic mass is 35.5. The van der Waals surface area contributed by atoms with Gasteiger partial charge in [0.1, 0.15) is 5.82 Å². The van der Waals surface area contributed by atoms with Gasteiger partial charge in [0.15, 0.2) is 0 Å². The van der Waals surface area contributed by atoms with Gasteiger partial charge >= 0.3 is 0 Å². The molecular formula is C18H18ClFN2. The summed E-state index contributed by atoms with van der Waals surface area (Å²) in [5.41, 5.74) is 8.99. The Kier molecular flexibility index (Phi) is 4.46. The Morgan fingerprint density at radius 3 is 2.68 bits per heavy atom. The summed E-state index contributed by atoms with van der Waals surface area (Å²) in [5.74, 6) is -0.310. The van der Waals surface area contributed by atoms with Crippen LogP contribution in [0.1, 0.15) is 17.5 Å². The van der Waals surface area contributed by atoms with Crippen LogP contribution in [0.25, 0.3) is 10.9 Å². The molecule has 0 aliphatic carbocycles. The van der Waals surface area contributed by atoms with Crippen molar-refractivity contribution in [2.24, 2.45) is 5.73 Å². The molecule has 4 heteroatoms. The van der Waals surface area contributed by atoms with Gasteiger partial charge in [-0.3, -0.25) is 0 Å². The van der Waals surface area contributed by atoms with Crippen molar-refractivity contribution in [3.63, 3.8) is 0 Å². The number of hydrogen-bond donors (Lipinski definition) is 1. The number of para-hydroxylation sites is 1. The molecule has 0 fully saturated rings. The van der Waals surface area contributed by atoms with Crippen molar-refractivity contribution in [2.75, 3.05) is 6.54 Å². The van der Waals surface area contributed by atoms with E-state index in [9.17, 15) is 4.39 Å². The maximum atomic E-state index is 13.2. The maximum Gasteiger partial charge on any atom is 0.124 e. The Labute approximate surface area is 134 Å². The Hall–Kier alpha value is -1.84. The van der Waals surface area contributed by atoms with Crippen LogP contribution in [0.5, 0.6) is 0 Å². The average Bonchev–Trinajstić information content (AvgIpc) is 2.86. The first-order valence-electron chi connectivity index (χ1n) is 7.40. The zero-order chi connectivity index (χ0) is 15.5. The van der Waals surface area contributed by atoms with E-state index in [1.54, 1.807) is 6.07 Å². The molecule has 0 spiro atoms. The first-order chi connectivity index (χ1) is 10.7. The van der Waals surface area contributed by atoms with Crippen molar-refractivity contribution >= 4 is 22.5 Å². The van der Waals surface area contributed by atoms with Crippen LogP contribution in [0.15, 0.2) is 48.7 Å². The zero-order valence-corrected chi connectivity index (χ0v) is 13.0. The van der Waals surface area contributed by atoms with E-state index >= 15 is 0 Å². The molecule has 0 bridgehead atoms.